The standard InChI is InChI=1S/C15H14BrClO2/c1-19-14-7-3-6-12(17)15(14)13(18)9-10-4-2-5-11(16)8-10/h2-8,13,18H,9H2,1H3. The Bertz CT molecular complexity index is 572. The van der Waals surface area contributed by atoms with Crippen molar-refractivity contribution in [3.63, 3.8) is 0 Å². The lowest BCUT2D eigenvalue weighted by Gasteiger charge is -2.16. The van der Waals surface area contributed by atoms with Crippen LogP contribution < -0.4 is 4.74 Å². The van der Waals surface area contributed by atoms with Gasteiger partial charge in [0, 0.05) is 16.5 Å². The van der Waals surface area contributed by atoms with Crippen molar-refractivity contribution < 1.29 is 9.84 Å². The van der Waals surface area contributed by atoms with Crippen molar-refractivity contribution in [2.75, 3.05) is 7.11 Å². The molecule has 2 aromatic carbocycles. The summed E-state index contributed by atoms with van der Waals surface area (Å²) in [7, 11) is 1.57. The summed E-state index contributed by atoms with van der Waals surface area (Å²) in [5.74, 6) is 0.606. The van der Waals surface area contributed by atoms with Crippen molar-refractivity contribution in [1.82, 2.24) is 0 Å². The fourth-order valence-electron chi connectivity index (χ4n) is 2.01. The average molecular weight is 342 g/mol. The Labute approximate surface area is 126 Å². The molecule has 0 bridgehead atoms. The van der Waals surface area contributed by atoms with Gasteiger partial charge in [0.25, 0.3) is 0 Å². The van der Waals surface area contributed by atoms with Gasteiger partial charge in [0.2, 0.25) is 0 Å². The molecule has 1 N–H and O–H groups in total. The van der Waals surface area contributed by atoms with E-state index in [2.05, 4.69) is 15.9 Å². The van der Waals surface area contributed by atoms with Crippen molar-refractivity contribution in [1.29, 1.82) is 0 Å². The maximum absolute atomic E-state index is 10.4. The van der Waals surface area contributed by atoms with E-state index in [9.17, 15) is 5.11 Å². The zero-order valence-electron chi connectivity index (χ0n) is 10.4. The second-order valence-corrected chi connectivity index (χ2v) is 5.53. The molecule has 0 aromatic heterocycles. The molecule has 0 aliphatic carbocycles. The average Bonchev–Trinajstić information content (AvgIpc) is 2.38. The van der Waals surface area contributed by atoms with Crippen LogP contribution in [-0.4, -0.2) is 12.2 Å². The topological polar surface area (TPSA) is 29.5 Å². The summed E-state index contributed by atoms with van der Waals surface area (Å²) in [6.07, 6.45) is -0.211. The van der Waals surface area contributed by atoms with Crippen LogP contribution in [0.3, 0.4) is 0 Å². The van der Waals surface area contributed by atoms with Gasteiger partial charge in [0.15, 0.2) is 0 Å². The Hall–Kier alpha value is -1.03. The van der Waals surface area contributed by atoms with Gasteiger partial charge >= 0.3 is 0 Å². The summed E-state index contributed by atoms with van der Waals surface area (Å²) in [6, 6.07) is 13.2. The molecule has 19 heavy (non-hydrogen) atoms. The highest BCUT2D eigenvalue weighted by Crippen LogP contribution is 2.33. The van der Waals surface area contributed by atoms with Crippen LogP contribution in [0.5, 0.6) is 5.75 Å². The van der Waals surface area contributed by atoms with Crippen LogP contribution in [0, 0.1) is 0 Å². The molecule has 1 atom stereocenters. The maximum atomic E-state index is 10.4. The molecule has 0 aliphatic rings. The quantitative estimate of drug-likeness (QED) is 0.894. The first kappa shape index (κ1) is 14.4. The molecule has 0 fully saturated rings. The zero-order chi connectivity index (χ0) is 13.8. The van der Waals surface area contributed by atoms with Crippen molar-refractivity contribution in [2.45, 2.75) is 12.5 Å². The third-order valence-electron chi connectivity index (χ3n) is 2.88. The minimum Gasteiger partial charge on any atom is -0.496 e. The third kappa shape index (κ3) is 3.50. The van der Waals surface area contributed by atoms with Crippen molar-refractivity contribution in [3.05, 3.63) is 63.1 Å². The van der Waals surface area contributed by atoms with Crippen LogP contribution in [-0.2, 0) is 6.42 Å². The van der Waals surface area contributed by atoms with Gasteiger partial charge in [-0.25, -0.2) is 0 Å². The Morgan fingerprint density at radius 3 is 2.68 bits per heavy atom. The minimum absolute atomic E-state index is 0.486. The number of benzene rings is 2. The lowest BCUT2D eigenvalue weighted by atomic mass is 10.0. The lowest BCUT2D eigenvalue weighted by molar-refractivity contribution is 0.174. The highest BCUT2D eigenvalue weighted by atomic mass is 79.9. The van der Waals surface area contributed by atoms with Gasteiger partial charge in [-0.2, -0.15) is 0 Å². The summed E-state index contributed by atoms with van der Waals surface area (Å²) < 4.78 is 6.24. The predicted octanol–water partition coefficient (Wildman–Crippen LogP) is 4.39. The smallest absolute Gasteiger partial charge is 0.126 e. The van der Waals surface area contributed by atoms with Gasteiger partial charge < -0.3 is 9.84 Å². The number of methoxy groups -OCH3 is 1. The molecular formula is C15H14BrClO2. The van der Waals surface area contributed by atoms with E-state index < -0.39 is 6.10 Å². The first-order chi connectivity index (χ1) is 9.11. The van der Waals surface area contributed by atoms with E-state index in [0.717, 1.165) is 10.0 Å². The summed E-state index contributed by atoms with van der Waals surface area (Å²) in [5.41, 5.74) is 1.66. The van der Waals surface area contributed by atoms with Gasteiger partial charge in [-0.15, -0.1) is 0 Å². The molecule has 0 heterocycles. The fourth-order valence-corrected chi connectivity index (χ4v) is 2.75. The molecule has 1 unspecified atom stereocenters. The molecular weight excluding hydrogens is 328 g/mol. The van der Waals surface area contributed by atoms with Crippen LogP contribution in [0.15, 0.2) is 46.9 Å². The van der Waals surface area contributed by atoms with E-state index in [1.54, 1.807) is 25.3 Å². The lowest BCUT2D eigenvalue weighted by Crippen LogP contribution is -2.05. The van der Waals surface area contributed by atoms with Crippen LogP contribution in [0.1, 0.15) is 17.2 Å². The highest BCUT2D eigenvalue weighted by Gasteiger charge is 2.17. The molecule has 0 saturated carbocycles. The monoisotopic (exact) mass is 340 g/mol. The summed E-state index contributed by atoms with van der Waals surface area (Å²) in [5, 5.41) is 10.9. The van der Waals surface area contributed by atoms with Crippen molar-refractivity contribution in [3.8, 4) is 5.75 Å². The molecule has 2 nitrogen and oxygen atoms in total. The second-order valence-electron chi connectivity index (χ2n) is 4.21. The van der Waals surface area contributed by atoms with E-state index in [1.165, 1.54) is 0 Å². The molecule has 100 valence electrons. The number of aliphatic hydroxyl groups excluding tert-OH is 1. The van der Waals surface area contributed by atoms with Gasteiger partial charge in [0.1, 0.15) is 5.75 Å². The number of aliphatic hydroxyl groups is 1. The number of ether oxygens (including phenoxy) is 1. The van der Waals surface area contributed by atoms with E-state index >= 15 is 0 Å². The highest BCUT2D eigenvalue weighted by molar-refractivity contribution is 9.10. The maximum Gasteiger partial charge on any atom is 0.126 e. The Balaban J connectivity index is 2.27. The molecule has 2 rings (SSSR count). The largest absolute Gasteiger partial charge is 0.496 e. The van der Waals surface area contributed by atoms with Crippen LogP contribution in [0.2, 0.25) is 5.02 Å². The Morgan fingerprint density at radius 1 is 1.26 bits per heavy atom. The molecule has 0 aliphatic heterocycles. The molecule has 0 amide bonds. The first-order valence-corrected chi connectivity index (χ1v) is 7.04. The van der Waals surface area contributed by atoms with Crippen LogP contribution in [0.25, 0.3) is 0 Å². The Morgan fingerprint density at radius 2 is 2.00 bits per heavy atom. The third-order valence-corrected chi connectivity index (χ3v) is 3.71. The number of hydrogen-bond acceptors (Lipinski definition) is 2. The summed E-state index contributed by atoms with van der Waals surface area (Å²) in [4.78, 5) is 0. The molecule has 0 spiro atoms. The van der Waals surface area contributed by atoms with Crippen molar-refractivity contribution >= 4 is 27.5 Å². The molecule has 0 radical (unpaired) electrons. The second kappa shape index (κ2) is 6.42. The first-order valence-electron chi connectivity index (χ1n) is 5.86. The van der Waals surface area contributed by atoms with Crippen molar-refractivity contribution in [2.24, 2.45) is 0 Å². The van der Waals surface area contributed by atoms with Crippen LogP contribution in [0.4, 0.5) is 0 Å². The van der Waals surface area contributed by atoms with Gasteiger partial charge in [-0.05, 0) is 29.8 Å². The van der Waals surface area contributed by atoms with Gasteiger partial charge in [-0.3, -0.25) is 0 Å². The summed E-state index contributed by atoms with van der Waals surface area (Å²) in [6.45, 7) is 0. The van der Waals surface area contributed by atoms with Gasteiger partial charge in [-0.1, -0.05) is 45.7 Å². The van der Waals surface area contributed by atoms with E-state index in [-0.39, 0.29) is 0 Å². The minimum atomic E-state index is -0.696. The normalized spacial score (nSPS) is 12.2. The number of rotatable bonds is 4. The van der Waals surface area contributed by atoms with Crippen LogP contribution >= 0.6 is 27.5 Å². The predicted molar refractivity (Wildman–Crippen MR) is 80.8 cm³/mol. The van der Waals surface area contributed by atoms with E-state index in [4.69, 9.17) is 16.3 Å². The number of halogens is 2. The molecule has 4 heteroatoms. The van der Waals surface area contributed by atoms with E-state index in [1.807, 2.05) is 24.3 Å². The van der Waals surface area contributed by atoms with Gasteiger partial charge in [0.05, 0.1) is 18.2 Å². The number of hydrogen-bond donors (Lipinski definition) is 1. The molecule has 2 aromatic rings. The fraction of sp³-hybridized carbons (Fsp3) is 0.200. The zero-order valence-corrected chi connectivity index (χ0v) is 12.8. The SMILES string of the molecule is COc1cccc(Cl)c1C(O)Cc1cccc(Br)c1. The molecule has 0 saturated heterocycles. The van der Waals surface area contributed by atoms with E-state index in [0.29, 0.717) is 22.8 Å². The summed E-state index contributed by atoms with van der Waals surface area (Å²) >= 11 is 9.57. The Kier molecular flexibility index (Phi) is 4.86.